The van der Waals surface area contributed by atoms with E-state index in [-0.39, 0.29) is 41.9 Å². The standard InChI is InChI=1S/C22H32N6O3/c1-14(2)26-12-15-19(21(26)31)27(13-18(29)25-9-7-24(6)8-10-25)17-11-16(22(3,4)5)23-28(17)20(15)30/h11,14H,7-10,12-13H2,1-6H3. The Hall–Kier alpha value is -2.68. The molecule has 0 N–H and O–H groups in total. The van der Waals surface area contributed by atoms with Crippen molar-refractivity contribution < 1.29 is 9.59 Å². The molecule has 31 heavy (non-hydrogen) atoms. The van der Waals surface area contributed by atoms with E-state index >= 15 is 0 Å². The van der Waals surface area contributed by atoms with E-state index in [0.29, 0.717) is 30.0 Å². The first-order valence-electron chi connectivity index (χ1n) is 10.9. The van der Waals surface area contributed by atoms with Gasteiger partial charge in [0.25, 0.3) is 11.5 Å². The highest BCUT2D eigenvalue weighted by Gasteiger charge is 2.37. The van der Waals surface area contributed by atoms with Gasteiger partial charge in [0.15, 0.2) is 0 Å². The van der Waals surface area contributed by atoms with Crippen LogP contribution in [0.3, 0.4) is 0 Å². The minimum absolute atomic E-state index is 0.0166. The molecule has 2 aromatic heterocycles. The lowest BCUT2D eigenvalue weighted by Crippen LogP contribution is -2.48. The van der Waals surface area contributed by atoms with E-state index in [2.05, 4.69) is 10.00 Å². The molecule has 2 aromatic rings. The molecule has 2 aliphatic rings. The molecule has 9 heteroatoms. The lowest BCUT2D eigenvalue weighted by molar-refractivity contribution is -0.133. The Bertz CT molecular complexity index is 1100. The van der Waals surface area contributed by atoms with Crippen molar-refractivity contribution >= 4 is 17.5 Å². The summed E-state index contributed by atoms with van der Waals surface area (Å²) in [4.78, 5) is 45.4. The van der Waals surface area contributed by atoms with Crippen molar-refractivity contribution in [3.05, 3.63) is 33.4 Å². The van der Waals surface area contributed by atoms with E-state index < -0.39 is 0 Å². The van der Waals surface area contributed by atoms with Crippen LogP contribution in [0, 0.1) is 0 Å². The smallest absolute Gasteiger partial charge is 0.280 e. The van der Waals surface area contributed by atoms with Gasteiger partial charge < -0.3 is 19.3 Å². The van der Waals surface area contributed by atoms with Crippen LogP contribution in [0.2, 0.25) is 0 Å². The van der Waals surface area contributed by atoms with Crippen molar-refractivity contribution in [1.29, 1.82) is 0 Å². The molecule has 4 rings (SSSR count). The molecule has 0 atom stereocenters. The lowest BCUT2D eigenvalue weighted by Gasteiger charge is -2.32. The number of hydrogen-bond acceptors (Lipinski definition) is 5. The predicted octanol–water partition coefficient (Wildman–Crippen LogP) is 0.932. The fourth-order valence-electron chi connectivity index (χ4n) is 4.22. The third kappa shape index (κ3) is 3.64. The number of aromatic nitrogens is 3. The number of likely N-dealkylation sites (N-methyl/N-ethyl adjacent to an activating group) is 1. The minimum atomic E-state index is -0.278. The lowest BCUT2D eigenvalue weighted by atomic mass is 9.93. The Labute approximate surface area is 182 Å². The molecular weight excluding hydrogens is 396 g/mol. The molecule has 0 saturated carbocycles. The molecule has 9 nitrogen and oxygen atoms in total. The van der Waals surface area contributed by atoms with Crippen LogP contribution >= 0.6 is 0 Å². The molecule has 0 radical (unpaired) electrons. The van der Waals surface area contributed by atoms with E-state index in [1.165, 1.54) is 4.52 Å². The van der Waals surface area contributed by atoms with E-state index in [0.717, 1.165) is 18.8 Å². The number of amides is 2. The first kappa shape index (κ1) is 21.5. The maximum absolute atomic E-state index is 13.3. The molecule has 0 aromatic carbocycles. The second-order valence-electron chi connectivity index (χ2n) is 9.98. The third-order valence-corrected chi connectivity index (χ3v) is 6.31. The zero-order chi connectivity index (χ0) is 22.7. The average Bonchev–Trinajstić information content (AvgIpc) is 3.28. The summed E-state index contributed by atoms with van der Waals surface area (Å²) in [7, 11) is 2.04. The van der Waals surface area contributed by atoms with Crippen molar-refractivity contribution in [1.82, 2.24) is 28.9 Å². The van der Waals surface area contributed by atoms with Gasteiger partial charge in [-0.3, -0.25) is 14.4 Å². The van der Waals surface area contributed by atoms with Crippen LogP contribution in [0.5, 0.6) is 0 Å². The first-order chi connectivity index (χ1) is 14.5. The molecule has 168 valence electrons. The molecule has 0 bridgehead atoms. The Morgan fingerprint density at radius 3 is 2.35 bits per heavy atom. The highest BCUT2D eigenvalue weighted by molar-refractivity contribution is 5.98. The van der Waals surface area contributed by atoms with Crippen LogP contribution in [0.25, 0.3) is 5.65 Å². The van der Waals surface area contributed by atoms with E-state index in [9.17, 15) is 14.4 Å². The second kappa shape index (κ2) is 7.47. The van der Waals surface area contributed by atoms with Crippen molar-refractivity contribution in [2.75, 3.05) is 33.2 Å². The SMILES string of the molecule is CC(C)N1Cc2c(n(CC(=O)N3CCN(C)CC3)c3cc(C(C)(C)C)nn3c2=O)C1=O. The highest BCUT2D eigenvalue weighted by atomic mass is 16.2. The molecule has 1 saturated heterocycles. The minimum Gasteiger partial charge on any atom is -0.339 e. The van der Waals surface area contributed by atoms with Crippen LogP contribution in [-0.2, 0) is 23.3 Å². The van der Waals surface area contributed by atoms with Crippen molar-refractivity contribution in [3.8, 4) is 0 Å². The summed E-state index contributed by atoms with van der Waals surface area (Å²) in [6.07, 6.45) is 0. The summed E-state index contributed by atoms with van der Waals surface area (Å²) in [6.45, 7) is 13.2. The second-order valence-corrected chi connectivity index (χ2v) is 9.98. The number of fused-ring (bicyclic) bond motifs is 2. The summed E-state index contributed by atoms with van der Waals surface area (Å²) >= 11 is 0. The summed E-state index contributed by atoms with van der Waals surface area (Å²) in [5, 5.41) is 4.57. The maximum atomic E-state index is 13.3. The Morgan fingerprint density at radius 1 is 1.13 bits per heavy atom. The fourth-order valence-corrected chi connectivity index (χ4v) is 4.22. The number of nitrogens with zero attached hydrogens (tertiary/aromatic N) is 6. The molecule has 0 unspecified atom stereocenters. The highest BCUT2D eigenvalue weighted by Crippen LogP contribution is 2.27. The molecule has 2 aliphatic heterocycles. The van der Waals surface area contributed by atoms with Gasteiger partial charge in [-0.2, -0.15) is 9.61 Å². The first-order valence-corrected chi connectivity index (χ1v) is 10.9. The normalized spacial score (nSPS) is 17.8. The van der Waals surface area contributed by atoms with Crippen molar-refractivity contribution in [2.45, 2.75) is 59.2 Å². The Balaban J connectivity index is 1.85. The molecule has 1 fully saturated rings. The summed E-state index contributed by atoms with van der Waals surface area (Å²) in [6, 6.07) is 1.79. The average molecular weight is 429 g/mol. The fraction of sp³-hybridized carbons (Fsp3) is 0.636. The zero-order valence-corrected chi connectivity index (χ0v) is 19.3. The van der Waals surface area contributed by atoms with Crippen molar-refractivity contribution in [2.24, 2.45) is 0 Å². The largest absolute Gasteiger partial charge is 0.339 e. The summed E-state index contributed by atoms with van der Waals surface area (Å²) in [5.74, 6) is -0.246. The van der Waals surface area contributed by atoms with Gasteiger partial charge in [0, 0.05) is 43.7 Å². The van der Waals surface area contributed by atoms with Crippen LogP contribution in [0.15, 0.2) is 10.9 Å². The van der Waals surface area contributed by atoms with Gasteiger partial charge in [-0.1, -0.05) is 20.8 Å². The van der Waals surface area contributed by atoms with Crippen molar-refractivity contribution in [3.63, 3.8) is 0 Å². The number of rotatable bonds is 3. The van der Waals surface area contributed by atoms with Crippen LogP contribution in [0.4, 0.5) is 0 Å². The summed E-state index contributed by atoms with van der Waals surface area (Å²) < 4.78 is 3.08. The zero-order valence-electron chi connectivity index (χ0n) is 19.3. The molecule has 0 spiro atoms. The van der Waals surface area contributed by atoms with Gasteiger partial charge in [0.05, 0.1) is 17.8 Å². The number of piperazine rings is 1. The topological polar surface area (TPSA) is 83.2 Å². The van der Waals surface area contributed by atoms with Crippen LogP contribution < -0.4 is 5.56 Å². The molecule has 4 heterocycles. The Morgan fingerprint density at radius 2 is 1.77 bits per heavy atom. The quantitative estimate of drug-likeness (QED) is 0.726. The number of hydrogen-bond donors (Lipinski definition) is 0. The van der Waals surface area contributed by atoms with Crippen LogP contribution in [-0.4, -0.2) is 80.0 Å². The van der Waals surface area contributed by atoms with Gasteiger partial charge in [0.1, 0.15) is 17.9 Å². The molecule has 2 amide bonds. The monoisotopic (exact) mass is 428 g/mol. The Kier molecular flexibility index (Phi) is 5.20. The number of carbonyl (C=O) groups is 2. The van der Waals surface area contributed by atoms with E-state index in [1.807, 2.05) is 52.6 Å². The van der Waals surface area contributed by atoms with Gasteiger partial charge in [-0.05, 0) is 20.9 Å². The molecule has 0 aliphatic carbocycles. The maximum Gasteiger partial charge on any atom is 0.280 e. The van der Waals surface area contributed by atoms with Gasteiger partial charge in [-0.15, -0.1) is 0 Å². The third-order valence-electron chi connectivity index (χ3n) is 6.31. The summed E-state index contributed by atoms with van der Waals surface area (Å²) in [5.41, 5.74) is 1.45. The molecular formula is C22H32N6O3. The van der Waals surface area contributed by atoms with E-state index in [4.69, 9.17) is 0 Å². The predicted molar refractivity (Wildman–Crippen MR) is 117 cm³/mol. The van der Waals surface area contributed by atoms with Gasteiger partial charge in [0.2, 0.25) is 5.91 Å². The van der Waals surface area contributed by atoms with Gasteiger partial charge in [-0.25, -0.2) is 0 Å². The van der Waals surface area contributed by atoms with E-state index in [1.54, 1.807) is 9.47 Å². The van der Waals surface area contributed by atoms with Crippen LogP contribution in [0.1, 0.15) is 56.4 Å². The number of carbonyl (C=O) groups excluding carboxylic acids is 2. The van der Waals surface area contributed by atoms with Gasteiger partial charge >= 0.3 is 0 Å².